The van der Waals surface area contributed by atoms with Gasteiger partial charge in [0.1, 0.15) is 11.1 Å². The first-order valence-electron chi connectivity index (χ1n) is 4.21. The first-order valence-corrected chi connectivity index (χ1v) is 2.71. The van der Waals surface area contributed by atoms with Crippen LogP contribution in [-0.2, 0) is 0 Å². The molecule has 1 heterocycles. The van der Waals surface area contributed by atoms with Gasteiger partial charge in [-0.3, -0.25) is 4.98 Å². The highest BCUT2D eigenvalue weighted by atomic mass is 16.5. The maximum atomic E-state index is 10.9. The Kier molecular flexibility index (Phi) is 1.10. The van der Waals surface area contributed by atoms with Crippen LogP contribution >= 0.6 is 0 Å². The SMILES string of the molecule is [2H]C([2H])([2H])/[N+]([O-])=C\c1cccnc1. The Morgan fingerprint density at radius 1 is 1.90 bits per heavy atom. The summed E-state index contributed by atoms with van der Waals surface area (Å²) in [6, 6.07) is 3.23. The zero-order valence-electron chi connectivity index (χ0n) is 8.19. The molecule has 0 saturated heterocycles. The topological polar surface area (TPSA) is 39.0 Å². The Labute approximate surface area is 63.4 Å². The van der Waals surface area contributed by atoms with E-state index in [1.807, 2.05) is 0 Å². The summed E-state index contributed by atoms with van der Waals surface area (Å²) < 4.78 is 20.3. The molecule has 1 rings (SSSR count). The molecular weight excluding hydrogens is 128 g/mol. The first kappa shape index (κ1) is 3.71. The highest BCUT2D eigenvalue weighted by molar-refractivity contribution is 5.74. The minimum atomic E-state index is -2.64. The summed E-state index contributed by atoms with van der Waals surface area (Å²) in [6.45, 7) is -2.64. The number of pyridine rings is 1. The van der Waals surface area contributed by atoms with E-state index in [-0.39, 0.29) is 4.74 Å². The zero-order valence-corrected chi connectivity index (χ0v) is 5.19. The standard InChI is InChI=1S/C7H8N2O/c1-9(10)6-7-3-2-4-8-5-7/h2-6H,1H3/b9-6+/i1D3. The van der Waals surface area contributed by atoms with Gasteiger partial charge in [-0.2, -0.15) is 0 Å². The Morgan fingerprint density at radius 3 is 3.40 bits per heavy atom. The Morgan fingerprint density at radius 2 is 2.80 bits per heavy atom. The van der Waals surface area contributed by atoms with Crippen molar-refractivity contribution in [2.24, 2.45) is 0 Å². The molecule has 0 radical (unpaired) electrons. The molecule has 3 nitrogen and oxygen atoms in total. The predicted octanol–water partition coefficient (Wildman–Crippen LogP) is 0.641. The average Bonchev–Trinajstić information content (AvgIpc) is 2.04. The third-order valence-corrected chi connectivity index (χ3v) is 0.951. The van der Waals surface area contributed by atoms with E-state index in [4.69, 9.17) is 4.11 Å². The van der Waals surface area contributed by atoms with Gasteiger partial charge in [-0.15, -0.1) is 0 Å². The molecule has 0 aliphatic heterocycles. The average molecular weight is 139 g/mol. The third kappa shape index (κ3) is 1.85. The van der Waals surface area contributed by atoms with Crippen LogP contribution in [0.1, 0.15) is 9.68 Å². The summed E-state index contributed by atoms with van der Waals surface area (Å²) in [4.78, 5) is 3.74. The fraction of sp³-hybridized carbons (Fsp3) is 0.143. The second-order valence-electron chi connectivity index (χ2n) is 1.74. The van der Waals surface area contributed by atoms with Gasteiger partial charge < -0.3 is 5.21 Å². The number of nitrogens with zero attached hydrogens (tertiary/aromatic N) is 2. The summed E-state index contributed by atoms with van der Waals surface area (Å²) in [7, 11) is 0. The van der Waals surface area contributed by atoms with Crippen molar-refractivity contribution in [3.63, 3.8) is 0 Å². The van der Waals surface area contributed by atoms with Gasteiger partial charge in [-0.25, -0.2) is 4.74 Å². The molecule has 0 N–H and O–H groups in total. The molecule has 1 aromatic heterocycles. The Bertz CT molecular complexity index is 307. The summed E-state index contributed by atoms with van der Waals surface area (Å²) in [5.41, 5.74) is 0.466. The lowest BCUT2D eigenvalue weighted by Gasteiger charge is -1.93. The predicted molar refractivity (Wildman–Crippen MR) is 39.0 cm³/mol. The third-order valence-electron chi connectivity index (χ3n) is 0.951. The first-order chi connectivity index (χ1) is 6.00. The van der Waals surface area contributed by atoms with Gasteiger partial charge >= 0.3 is 0 Å². The molecule has 1 aromatic rings. The van der Waals surface area contributed by atoms with Crippen LogP contribution in [0.5, 0.6) is 0 Å². The van der Waals surface area contributed by atoms with Gasteiger partial charge in [0.25, 0.3) is 0 Å². The van der Waals surface area contributed by atoms with E-state index in [2.05, 4.69) is 4.98 Å². The van der Waals surface area contributed by atoms with Gasteiger partial charge in [0, 0.05) is 12.4 Å². The number of aromatic nitrogens is 1. The molecule has 0 atom stereocenters. The van der Waals surface area contributed by atoms with Crippen LogP contribution in [-0.4, -0.2) is 22.9 Å². The zero-order chi connectivity index (χ0) is 9.90. The van der Waals surface area contributed by atoms with Gasteiger partial charge in [-0.05, 0) is 12.1 Å². The van der Waals surface area contributed by atoms with Crippen molar-refractivity contribution in [2.45, 2.75) is 0 Å². The molecule has 10 heavy (non-hydrogen) atoms. The number of hydrogen-bond donors (Lipinski definition) is 0. The highest BCUT2D eigenvalue weighted by Gasteiger charge is 1.87. The van der Waals surface area contributed by atoms with E-state index in [1.165, 1.54) is 6.20 Å². The van der Waals surface area contributed by atoms with Crippen molar-refractivity contribution in [2.75, 3.05) is 6.98 Å². The molecule has 0 saturated carbocycles. The highest BCUT2D eigenvalue weighted by Crippen LogP contribution is 1.88. The lowest BCUT2D eigenvalue weighted by atomic mass is 10.3. The molecule has 0 fully saturated rings. The fourth-order valence-corrected chi connectivity index (χ4v) is 0.588. The summed E-state index contributed by atoms with van der Waals surface area (Å²) in [5, 5.41) is 10.9. The number of rotatable bonds is 1. The molecular formula is C7H8N2O. The van der Waals surface area contributed by atoms with Crippen LogP contribution in [0.15, 0.2) is 24.5 Å². The van der Waals surface area contributed by atoms with Crippen molar-refractivity contribution in [3.8, 4) is 0 Å². The van der Waals surface area contributed by atoms with Crippen LogP contribution < -0.4 is 0 Å². The van der Waals surface area contributed by atoms with Crippen LogP contribution in [0, 0.1) is 5.21 Å². The molecule has 0 aromatic carbocycles. The van der Waals surface area contributed by atoms with Crippen LogP contribution in [0.25, 0.3) is 0 Å². The van der Waals surface area contributed by atoms with Crippen molar-refractivity contribution in [3.05, 3.63) is 35.3 Å². The monoisotopic (exact) mass is 139 g/mol. The molecule has 0 amide bonds. The number of hydrogen-bond acceptors (Lipinski definition) is 2. The van der Waals surface area contributed by atoms with Gasteiger partial charge in [0.05, 0.1) is 5.56 Å². The normalized spacial score (nSPS) is 17.2. The summed E-state index contributed by atoms with van der Waals surface area (Å²) in [6.07, 6.45) is 3.94. The lowest BCUT2D eigenvalue weighted by Crippen LogP contribution is -1.97. The lowest BCUT2D eigenvalue weighted by molar-refractivity contribution is -0.416. The van der Waals surface area contributed by atoms with E-state index in [1.54, 1.807) is 18.3 Å². The van der Waals surface area contributed by atoms with Crippen molar-refractivity contribution in [1.82, 2.24) is 4.98 Å². The maximum absolute atomic E-state index is 10.9. The fourth-order valence-electron chi connectivity index (χ4n) is 0.588. The van der Waals surface area contributed by atoms with Crippen molar-refractivity contribution >= 4 is 6.21 Å². The molecule has 0 aliphatic carbocycles. The Balaban J connectivity index is 2.90. The van der Waals surface area contributed by atoms with E-state index in [9.17, 15) is 5.21 Å². The largest absolute Gasteiger partial charge is 0.624 e. The summed E-state index contributed by atoms with van der Waals surface area (Å²) in [5.74, 6) is 0. The minimum Gasteiger partial charge on any atom is -0.624 e. The van der Waals surface area contributed by atoms with Crippen molar-refractivity contribution in [1.29, 1.82) is 0 Å². The quantitative estimate of drug-likeness (QED) is 0.248. The van der Waals surface area contributed by atoms with E-state index in [0.717, 1.165) is 6.21 Å². The maximum Gasteiger partial charge on any atom is 0.183 e. The molecule has 0 unspecified atom stereocenters. The minimum absolute atomic E-state index is 0.0655. The Hall–Kier alpha value is -1.38. The van der Waals surface area contributed by atoms with Crippen LogP contribution in [0.4, 0.5) is 0 Å². The van der Waals surface area contributed by atoms with E-state index >= 15 is 0 Å². The van der Waals surface area contributed by atoms with Crippen LogP contribution in [0.2, 0.25) is 0 Å². The van der Waals surface area contributed by atoms with Gasteiger partial charge in [0.2, 0.25) is 0 Å². The molecule has 0 aliphatic rings. The number of hydroxylamine groups is 1. The smallest absolute Gasteiger partial charge is 0.183 e. The molecule has 52 valence electrons. The van der Waals surface area contributed by atoms with E-state index < -0.39 is 6.98 Å². The molecule has 0 spiro atoms. The molecule has 3 heteroatoms. The van der Waals surface area contributed by atoms with Gasteiger partial charge in [0.15, 0.2) is 6.21 Å². The van der Waals surface area contributed by atoms with Gasteiger partial charge in [-0.1, -0.05) is 0 Å². The second kappa shape index (κ2) is 2.96. The van der Waals surface area contributed by atoms with Crippen molar-refractivity contribution < 1.29 is 8.85 Å². The van der Waals surface area contributed by atoms with E-state index in [0.29, 0.717) is 5.56 Å². The molecule has 0 bridgehead atoms. The van der Waals surface area contributed by atoms with Crippen LogP contribution in [0.3, 0.4) is 0 Å². The summed E-state index contributed by atoms with van der Waals surface area (Å²) >= 11 is 0. The second-order valence-corrected chi connectivity index (χ2v) is 1.74.